The Morgan fingerprint density at radius 3 is 2.05 bits per heavy atom. The molecule has 20 heavy (non-hydrogen) atoms. The van der Waals surface area contributed by atoms with E-state index < -0.39 is 15.6 Å². The Balaban J connectivity index is 4.45. The normalized spacial score (nSPS) is 16.4. The molecule has 1 atom stereocenters. The van der Waals surface area contributed by atoms with Gasteiger partial charge in [-0.2, -0.15) is 4.31 Å². The van der Waals surface area contributed by atoms with Crippen LogP contribution in [0.2, 0.25) is 0 Å². The zero-order chi connectivity index (χ0) is 16.0. The fourth-order valence-corrected chi connectivity index (χ4v) is 2.87. The minimum Gasteiger partial charge on any atom is -0.302 e. The van der Waals surface area contributed by atoms with Gasteiger partial charge in [-0.05, 0) is 46.1 Å². The number of phosphoric ester groups is 1. The number of hydrogen-bond donors (Lipinski definition) is 3. The average molecular weight is 328 g/mol. The Morgan fingerprint density at radius 2 is 1.60 bits per heavy atom. The highest BCUT2D eigenvalue weighted by Crippen LogP contribution is 2.57. The van der Waals surface area contributed by atoms with Crippen molar-refractivity contribution in [2.24, 2.45) is 0 Å². The van der Waals surface area contributed by atoms with Crippen LogP contribution in [0.15, 0.2) is 22.8 Å². The standard InChI is InChI=1S/C11H22O7P2/c1-9(2)6-5-7-10(3)11(4)8-17-20(15,16)18-19(12,13)14/h6H,5,7-8H2,1-4H3,(H,15,16)(H2,12,13,14). The Hall–Kier alpha value is -0.260. The summed E-state index contributed by atoms with van der Waals surface area (Å²) in [4.78, 5) is 26.0. The lowest BCUT2D eigenvalue weighted by Crippen LogP contribution is -1.99. The van der Waals surface area contributed by atoms with Crippen molar-refractivity contribution in [1.82, 2.24) is 0 Å². The maximum Gasteiger partial charge on any atom is 0.481 e. The highest BCUT2D eigenvalue weighted by atomic mass is 31.3. The molecule has 0 aromatic rings. The average Bonchev–Trinajstić information content (AvgIpc) is 2.22. The molecular weight excluding hydrogens is 306 g/mol. The van der Waals surface area contributed by atoms with E-state index in [9.17, 15) is 9.13 Å². The van der Waals surface area contributed by atoms with Gasteiger partial charge in [0.1, 0.15) is 0 Å². The number of hydrogen-bond acceptors (Lipinski definition) is 4. The third kappa shape index (κ3) is 10.5. The third-order valence-corrected chi connectivity index (χ3v) is 4.59. The van der Waals surface area contributed by atoms with Crippen molar-refractivity contribution in [3.63, 3.8) is 0 Å². The van der Waals surface area contributed by atoms with Crippen molar-refractivity contribution >= 4 is 15.6 Å². The van der Waals surface area contributed by atoms with Gasteiger partial charge in [-0.25, -0.2) is 9.13 Å². The van der Waals surface area contributed by atoms with E-state index in [1.165, 1.54) is 5.57 Å². The summed E-state index contributed by atoms with van der Waals surface area (Å²) in [5.74, 6) is 0. The maximum atomic E-state index is 11.2. The van der Waals surface area contributed by atoms with Gasteiger partial charge in [0, 0.05) is 0 Å². The number of rotatable bonds is 8. The second-order valence-corrected chi connectivity index (χ2v) is 7.52. The topological polar surface area (TPSA) is 113 Å². The van der Waals surface area contributed by atoms with E-state index in [0.717, 1.165) is 24.0 Å². The molecular formula is C11H22O7P2. The van der Waals surface area contributed by atoms with E-state index in [2.05, 4.69) is 14.9 Å². The van der Waals surface area contributed by atoms with Gasteiger partial charge in [-0.15, -0.1) is 0 Å². The van der Waals surface area contributed by atoms with Crippen LogP contribution in [0, 0.1) is 0 Å². The van der Waals surface area contributed by atoms with Gasteiger partial charge in [0.05, 0.1) is 6.61 Å². The van der Waals surface area contributed by atoms with Crippen LogP contribution < -0.4 is 0 Å². The van der Waals surface area contributed by atoms with Gasteiger partial charge >= 0.3 is 15.6 Å². The van der Waals surface area contributed by atoms with Gasteiger partial charge in [0.2, 0.25) is 0 Å². The summed E-state index contributed by atoms with van der Waals surface area (Å²) >= 11 is 0. The summed E-state index contributed by atoms with van der Waals surface area (Å²) in [5, 5.41) is 0. The fraction of sp³-hybridized carbons (Fsp3) is 0.636. The molecule has 0 aliphatic heterocycles. The van der Waals surface area contributed by atoms with E-state index in [1.54, 1.807) is 6.92 Å². The van der Waals surface area contributed by atoms with Crippen molar-refractivity contribution in [2.45, 2.75) is 40.5 Å². The Labute approximate surface area is 119 Å². The first-order valence-electron chi connectivity index (χ1n) is 5.96. The van der Waals surface area contributed by atoms with Gasteiger partial charge in [-0.3, -0.25) is 4.52 Å². The zero-order valence-corrected chi connectivity index (χ0v) is 13.9. The molecule has 0 saturated carbocycles. The van der Waals surface area contributed by atoms with Gasteiger partial charge in [0.15, 0.2) is 0 Å². The van der Waals surface area contributed by atoms with Gasteiger partial charge in [0.25, 0.3) is 0 Å². The smallest absolute Gasteiger partial charge is 0.302 e. The minimum absolute atomic E-state index is 0.228. The molecule has 3 N–H and O–H groups in total. The van der Waals surface area contributed by atoms with E-state index in [-0.39, 0.29) is 6.61 Å². The molecule has 0 radical (unpaired) electrons. The molecule has 0 fully saturated rings. The summed E-state index contributed by atoms with van der Waals surface area (Å²) in [6.45, 7) is 7.35. The number of allylic oxidation sites excluding steroid dienone is 3. The fourth-order valence-electron chi connectivity index (χ4n) is 1.25. The maximum absolute atomic E-state index is 11.2. The zero-order valence-electron chi connectivity index (χ0n) is 12.1. The monoisotopic (exact) mass is 328 g/mol. The molecule has 0 bridgehead atoms. The summed E-state index contributed by atoms with van der Waals surface area (Å²) in [5.41, 5.74) is 2.91. The highest BCUT2D eigenvalue weighted by Gasteiger charge is 2.32. The summed E-state index contributed by atoms with van der Waals surface area (Å²) in [7, 11) is -9.82. The molecule has 0 aliphatic carbocycles. The van der Waals surface area contributed by atoms with E-state index in [1.807, 2.05) is 20.8 Å². The Morgan fingerprint density at radius 1 is 1.05 bits per heavy atom. The minimum atomic E-state index is -5.06. The van der Waals surface area contributed by atoms with Gasteiger partial charge in [-0.1, -0.05) is 17.2 Å². The molecule has 0 saturated heterocycles. The molecule has 0 spiro atoms. The predicted octanol–water partition coefficient (Wildman–Crippen LogP) is 3.30. The lowest BCUT2D eigenvalue weighted by Gasteiger charge is -2.13. The quantitative estimate of drug-likeness (QED) is 0.463. The predicted molar refractivity (Wildman–Crippen MR) is 75.9 cm³/mol. The van der Waals surface area contributed by atoms with E-state index >= 15 is 0 Å². The molecule has 0 aromatic heterocycles. The first kappa shape index (κ1) is 19.7. The largest absolute Gasteiger partial charge is 0.481 e. The molecule has 118 valence electrons. The SMILES string of the molecule is CC(C)=CCCC(C)=C(C)COP(=O)(O)OP(=O)(O)O. The molecule has 0 amide bonds. The lowest BCUT2D eigenvalue weighted by molar-refractivity contribution is 0.188. The second kappa shape index (κ2) is 8.25. The van der Waals surface area contributed by atoms with Crippen molar-refractivity contribution in [3.05, 3.63) is 22.8 Å². The number of phosphoric acid groups is 2. The molecule has 9 heteroatoms. The van der Waals surface area contributed by atoms with Crippen LogP contribution in [0.3, 0.4) is 0 Å². The van der Waals surface area contributed by atoms with Crippen molar-refractivity contribution in [1.29, 1.82) is 0 Å². The van der Waals surface area contributed by atoms with Crippen molar-refractivity contribution in [3.8, 4) is 0 Å². The van der Waals surface area contributed by atoms with Crippen LogP contribution in [-0.4, -0.2) is 21.3 Å². The van der Waals surface area contributed by atoms with Crippen LogP contribution in [0.25, 0.3) is 0 Å². The van der Waals surface area contributed by atoms with Crippen LogP contribution in [-0.2, 0) is 18.0 Å². The van der Waals surface area contributed by atoms with Gasteiger partial charge < -0.3 is 14.7 Å². The Kier molecular flexibility index (Phi) is 8.14. The summed E-state index contributed by atoms with van der Waals surface area (Å²) in [6, 6.07) is 0. The van der Waals surface area contributed by atoms with Crippen LogP contribution >= 0.6 is 15.6 Å². The summed E-state index contributed by atoms with van der Waals surface area (Å²) < 4.78 is 29.9. The molecule has 0 aliphatic rings. The van der Waals surface area contributed by atoms with Crippen LogP contribution in [0.1, 0.15) is 40.5 Å². The highest BCUT2D eigenvalue weighted by molar-refractivity contribution is 7.60. The summed E-state index contributed by atoms with van der Waals surface area (Å²) in [6.07, 6.45) is 3.70. The molecule has 1 unspecified atom stereocenters. The molecule has 0 heterocycles. The lowest BCUT2D eigenvalue weighted by atomic mass is 10.1. The molecule has 0 aromatic carbocycles. The third-order valence-electron chi connectivity index (χ3n) is 2.45. The molecule has 7 nitrogen and oxygen atoms in total. The van der Waals surface area contributed by atoms with E-state index in [0.29, 0.717) is 0 Å². The van der Waals surface area contributed by atoms with Crippen LogP contribution in [0.5, 0.6) is 0 Å². The van der Waals surface area contributed by atoms with Crippen molar-refractivity contribution in [2.75, 3.05) is 6.61 Å². The first-order chi connectivity index (χ1) is 8.93. The van der Waals surface area contributed by atoms with Crippen molar-refractivity contribution < 1.29 is 32.6 Å². The van der Waals surface area contributed by atoms with E-state index in [4.69, 9.17) is 14.7 Å². The first-order valence-corrected chi connectivity index (χ1v) is 8.98. The second-order valence-electron chi connectivity index (χ2n) is 4.70. The molecule has 0 rings (SSSR count). The Bertz CT molecular complexity index is 471. The van der Waals surface area contributed by atoms with Crippen LogP contribution in [0.4, 0.5) is 0 Å².